The number of nitrogens with one attached hydrogen (secondary N) is 1. The molecule has 0 aromatic heterocycles. The smallest absolute Gasteiger partial charge is 0.268 e. The molecule has 8 nitrogen and oxygen atoms in total. The number of likely N-dealkylation sites (N-methyl/N-ethyl adjacent to an activating group) is 1. The Balaban J connectivity index is 4.05. The Labute approximate surface area is 546 Å². The van der Waals surface area contributed by atoms with E-state index < -0.39 is 26.6 Å². The molecule has 0 aromatic rings. The first-order valence-corrected chi connectivity index (χ1v) is 38.7. The lowest BCUT2D eigenvalue weighted by atomic mass is 10.0. The summed E-state index contributed by atoms with van der Waals surface area (Å²) in [7, 11) is 1.24. The number of allylic oxidation sites excluding steroid dienone is 17. The van der Waals surface area contributed by atoms with Crippen molar-refractivity contribution in [2.24, 2.45) is 0 Å². The molecule has 0 fully saturated rings. The molecule has 0 aliphatic carbocycles. The van der Waals surface area contributed by atoms with Gasteiger partial charge in [0, 0.05) is 6.42 Å². The fourth-order valence-corrected chi connectivity index (χ4v) is 11.4. The number of carbonyl (C=O) groups excluding carboxylic acids is 1. The standard InChI is InChI=1S/C79H143N2O6P/c1-6-8-10-12-14-16-18-20-22-24-26-28-30-32-34-35-36-37-38-39-40-41-42-43-44-45-47-49-51-53-55-57-59-61-63-65-67-69-71-73-79(83)80-77(76-87-88(84,85)86-75-74-81(3,4)5)78(82)72-70-68-66-64-62-60-58-56-54-52-50-48-46-33-31-29-27-25-23-21-19-17-15-13-11-9-7-2/h8,10,14,16,20,22,26,28,32,34,36-37,54,56,62,64,70,72,77-78,82H,6-7,9,11-13,15,17-19,21,23-25,27,29-31,33,35,38-53,55,57-61,63,65-69,71,73-76H2,1-5H3,(H-,80,83,84,85)/b10-8-,16-14-,22-20-,28-26-,34-32-,37-36-,56-54+,64-62+,72-70+. The first-order valence-electron chi connectivity index (χ1n) is 37.2. The molecule has 2 N–H and O–H groups in total. The maximum absolute atomic E-state index is 13.1. The van der Waals surface area contributed by atoms with Gasteiger partial charge in [-0.2, -0.15) is 0 Å². The van der Waals surface area contributed by atoms with Gasteiger partial charge in [0.05, 0.1) is 39.9 Å². The lowest BCUT2D eigenvalue weighted by Gasteiger charge is -2.29. The van der Waals surface area contributed by atoms with Gasteiger partial charge >= 0.3 is 0 Å². The van der Waals surface area contributed by atoms with Gasteiger partial charge in [0.1, 0.15) is 13.2 Å². The monoisotopic (exact) mass is 1250 g/mol. The third-order valence-electron chi connectivity index (χ3n) is 16.4. The summed E-state index contributed by atoms with van der Waals surface area (Å²) in [6.45, 7) is 4.54. The number of hydrogen-bond donors (Lipinski definition) is 2. The van der Waals surface area contributed by atoms with E-state index in [-0.39, 0.29) is 12.5 Å². The van der Waals surface area contributed by atoms with Crippen LogP contribution in [0.4, 0.5) is 0 Å². The van der Waals surface area contributed by atoms with Crippen LogP contribution in [-0.4, -0.2) is 68.5 Å². The van der Waals surface area contributed by atoms with Crippen molar-refractivity contribution in [3.05, 3.63) is 109 Å². The molecule has 0 spiro atoms. The summed E-state index contributed by atoms with van der Waals surface area (Å²) < 4.78 is 23.5. The molecule has 3 atom stereocenters. The van der Waals surface area contributed by atoms with Crippen LogP contribution in [0.25, 0.3) is 0 Å². The minimum absolute atomic E-state index is 0.0111. The molecule has 0 aromatic carbocycles. The van der Waals surface area contributed by atoms with Crippen LogP contribution in [0.5, 0.6) is 0 Å². The summed E-state index contributed by atoms with van der Waals surface area (Å²) in [5.41, 5.74) is 0. The van der Waals surface area contributed by atoms with E-state index in [4.69, 9.17) is 9.05 Å². The minimum Gasteiger partial charge on any atom is -0.756 e. The molecule has 0 radical (unpaired) electrons. The molecule has 9 heteroatoms. The highest BCUT2D eigenvalue weighted by molar-refractivity contribution is 7.45. The van der Waals surface area contributed by atoms with Crippen molar-refractivity contribution in [2.75, 3.05) is 40.9 Å². The van der Waals surface area contributed by atoms with E-state index in [0.29, 0.717) is 17.4 Å². The first-order chi connectivity index (χ1) is 43.0. The average molecular weight is 1250 g/mol. The Morgan fingerprint density at radius 3 is 1.06 bits per heavy atom. The molecular formula is C79H143N2O6P. The van der Waals surface area contributed by atoms with Gasteiger partial charge in [-0.25, -0.2) is 0 Å². The quantitative estimate of drug-likeness (QED) is 0.0272. The lowest BCUT2D eigenvalue weighted by Crippen LogP contribution is -2.45. The van der Waals surface area contributed by atoms with Gasteiger partial charge in [-0.05, 0) is 96.3 Å². The Morgan fingerprint density at radius 2 is 0.705 bits per heavy atom. The molecule has 0 aliphatic heterocycles. The van der Waals surface area contributed by atoms with Crippen molar-refractivity contribution < 1.29 is 32.9 Å². The van der Waals surface area contributed by atoms with Crippen LogP contribution in [0.3, 0.4) is 0 Å². The largest absolute Gasteiger partial charge is 0.756 e. The molecule has 0 aliphatic rings. The number of unbranched alkanes of at least 4 members (excludes halogenated alkanes) is 39. The highest BCUT2D eigenvalue weighted by Crippen LogP contribution is 2.38. The van der Waals surface area contributed by atoms with Crippen molar-refractivity contribution in [3.8, 4) is 0 Å². The molecule has 0 saturated carbocycles. The zero-order chi connectivity index (χ0) is 64.1. The van der Waals surface area contributed by atoms with Crippen LogP contribution in [0, 0.1) is 0 Å². The Bertz CT molecular complexity index is 1810. The van der Waals surface area contributed by atoms with Crippen LogP contribution in [-0.2, 0) is 18.4 Å². The van der Waals surface area contributed by atoms with E-state index >= 15 is 0 Å². The van der Waals surface area contributed by atoms with Crippen LogP contribution in [0.1, 0.15) is 335 Å². The lowest BCUT2D eigenvalue weighted by molar-refractivity contribution is -0.870. The van der Waals surface area contributed by atoms with Crippen LogP contribution >= 0.6 is 7.82 Å². The second-order valence-corrected chi connectivity index (χ2v) is 27.7. The summed E-state index contributed by atoms with van der Waals surface area (Å²) >= 11 is 0. The normalized spacial score (nSPS) is 14.2. The second-order valence-electron chi connectivity index (χ2n) is 26.3. The van der Waals surface area contributed by atoms with Crippen LogP contribution < -0.4 is 10.2 Å². The maximum Gasteiger partial charge on any atom is 0.268 e. The average Bonchev–Trinajstić information content (AvgIpc) is 3.70. The fourth-order valence-electron chi connectivity index (χ4n) is 10.7. The first kappa shape index (κ1) is 85.2. The van der Waals surface area contributed by atoms with Crippen molar-refractivity contribution in [3.63, 3.8) is 0 Å². The number of carbonyl (C=O) groups is 1. The molecule has 1 amide bonds. The zero-order valence-electron chi connectivity index (χ0n) is 58.4. The van der Waals surface area contributed by atoms with Crippen molar-refractivity contribution >= 4 is 13.7 Å². The van der Waals surface area contributed by atoms with E-state index in [1.807, 2.05) is 27.2 Å². The Kier molecular flexibility index (Phi) is 66.3. The zero-order valence-corrected chi connectivity index (χ0v) is 59.3. The third kappa shape index (κ3) is 70.6. The number of quaternary nitrogens is 1. The molecule has 3 unspecified atom stereocenters. The summed E-state index contributed by atoms with van der Waals surface area (Å²) in [6, 6.07) is -0.916. The van der Waals surface area contributed by atoms with Gasteiger partial charge in [-0.1, -0.05) is 342 Å². The number of nitrogens with zero attached hydrogens (tertiary/aromatic N) is 1. The van der Waals surface area contributed by atoms with E-state index in [1.54, 1.807) is 6.08 Å². The van der Waals surface area contributed by atoms with E-state index in [2.05, 4.69) is 116 Å². The van der Waals surface area contributed by atoms with Crippen molar-refractivity contribution in [1.29, 1.82) is 0 Å². The van der Waals surface area contributed by atoms with Crippen LogP contribution in [0.2, 0.25) is 0 Å². The molecule has 0 bridgehead atoms. The number of hydrogen-bond acceptors (Lipinski definition) is 6. The maximum atomic E-state index is 13.1. The highest BCUT2D eigenvalue weighted by atomic mass is 31.2. The number of phosphoric acid groups is 1. The van der Waals surface area contributed by atoms with E-state index in [1.165, 1.54) is 231 Å². The van der Waals surface area contributed by atoms with Gasteiger partial charge in [-0.3, -0.25) is 9.36 Å². The van der Waals surface area contributed by atoms with Gasteiger partial charge in [0.15, 0.2) is 0 Å². The summed E-state index contributed by atoms with van der Waals surface area (Å²) in [4.78, 5) is 25.7. The topological polar surface area (TPSA) is 108 Å². The second kappa shape index (κ2) is 68.5. The van der Waals surface area contributed by atoms with Crippen molar-refractivity contribution in [2.45, 2.75) is 347 Å². The SMILES string of the molecule is CC/C=C\C/C=C\C/C=C\C/C=C\C/C=C\C/C=C\CCCCCCCCCCCCCCCCCCCCCCC(=O)NC(COP(=O)([O-])OCC[N+](C)(C)C)C(O)/C=C/CC/C=C/CC/C=C/CCCCCCCCCCCCCCCCCCC. The fraction of sp³-hybridized carbons (Fsp3) is 0.759. The third-order valence-corrected chi connectivity index (χ3v) is 17.4. The summed E-state index contributed by atoms with van der Waals surface area (Å²) in [5, 5.41) is 14.0. The Hall–Kier alpha value is -2.84. The number of aliphatic hydroxyl groups is 1. The van der Waals surface area contributed by atoms with E-state index in [9.17, 15) is 19.4 Å². The highest BCUT2D eigenvalue weighted by Gasteiger charge is 2.23. The summed E-state index contributed by atoms with van der Waals surface area (Å²) in [5.74, 6) is -0.209. The predicted octanol–water partition coefficient (Wildman–Crippen LogP) is 23.6. The van der Waals surface area contributed by atoms with Crippen molar-refractivity contribution in [1.82, 2.24) is 5.32 Å². The molecule has 510 valence electrons. The van der Waals surface area contributed by atoms with Gasteiger partial charge in [0.2, 0.25) is 5.91 Å². The number of rotatable bonds is 68. The van der Waals surface area contributed by atoms with E-state index in [0.717, 1.165) is 83.5 Å². The Morgan fingerprint density at radius 1 is 0.409 bits per heavy atom. The molecule has 88 heavy (non-hydrogen) atoms. The number of aliphatic hydroxyl groups excluding tert-OH is 1. The predicted molar refractivity (Wildman–Crippen MR) is 385 cm³/mol. The molecule has 0 heterocycles. The minimum atomic E-state index is -4.62. The van der Waals surface area contributed by atoms with Gasteiger partial charge in [-0.15, -0.1) is 0 Å². The number of amides is 1. The van der Waals surface area contributed by atoms with Crippen LogP contribution in [0.15, 0.2) is 109 Å². The molecule has 0 saturated heterocycles. The molecule has 0 rings (SSSR count). The van der Waals surface area contributed by atoms with Gasteiger partial charge < -0.3 is 28.8 Å². The number of phosphoric ester groups is 1. The summed E-state index contributed by atoms with van der Waals surface area (Å²) in [6.07, 6.45) is 101. The molecular weight excluding hydrogens is 1100 g/mol. The van der Waals surface area contributed by atoms with Gasteiger partial charge in [0.25, 0.3) is 7.82 Å².